The van der Waals surface area contributed by atoms with Gasteiger partial charge in [0.2, 0.25) is 10.0 Å². The molecule has 1 aliphatic rings. The van der Waals surface area contributed by atoms with Crippen molar-refractivity contribution in [3.05, 3.63) is 59.9 Å². The van der Waals surface area contributed by atoms with E-state index in [0.717, 1.165) is 30.4 Å². The van der Waals surface area contributed by atoms with Gasteiger partial charge in [0.05, 0.1) is 18.1 Å². The molecule has 1 heterocycles. The molecule has 0 saturated carbocycles. The maximum Gasteiger partial charge on any atom is 0.240 e. The molecule has 0 spiro atoms. The summed E-state index contributed by atoms with van der Waals surface area (Å²) < 4.78 is 46.8. The van der Waals surface area contributed by atoms with Gasteiger partial charge in [-0.2, -0.15) is 0 Å². The Labute approximate surface area is 166 Å². The molecule has 0 aromatic heterocycles. The second-order valence-corrected chi connectivity index (χ2v) is 8.73. The van der Waals surface area contributed by atoms with Crippen molar-refractivity contribution in [3.63, 3.8) is 0 Å². The molecule has 1 atom stereocenters. The summed E-state index contributed by atoms with van der Waals surface area (Å²) in [6, 6.07) is 13.0. The maximum atomic E-state index is 13.4. The minimum absolute atomic E-state index is 0.0730. The molecule has 1 fully saturated rings. The van der Waals surface area contributed by atoms with Crippen molar-refractivity contribution < 1.29 is 17.5 Å². The summed E-state index contributed by atoms with van der Waals surface area (Å²) in [5.41, 5.74) is 2.10. The smallest absolute Gasteiger partial charge is 0.240 e. The van der Waals surface area contributed by atoms with E-state index in [0.29, 0.717) is 13.2 Å². The first kappa shape index (κ1) is 20.7. The fourth-order valence-electron chi connectivity index (χ4n) is 3.25. The number of morpholine rings is 1. The summed E-state index contributed by atoms with van der Waals surface area (Å²) in [7, 11) is 0.145. The number of anilines is 1. The van der Waals surface area contributed by atoms with Crippen molar-refractivity contribution in [2.24, 2.45) is 0 Å². The lowest BCUT2D eigenvalue weighted by Crippen LogP contribution is -2.43. The zero-order chi connectivity index (χ0) is 20.1. The van der Waals surface area contributed by atoms with Gasteiger partial charge in [0.15, 0.2) is 0 Å². The van der Waals surface area contributed by atoms with E-state index in [-0.39, 0.29) is 17.5 Å². The number of rotatable bonds is 7. The van der Waals surface area contributed by atoms with Crippen LogP contribution in [0, 0.1) is 5.82 Å². The number of hydrogen-bond donors (Lipinski definition) is 1. The zero-order valence-corrected chi connectivity index (χ0v) is 17.0. The molecule has 3 rings (SSSR count). The molecule has 0 amide bonds. The summed E-state index contributed by atoms with van der Waals surface area (Å²) >= 11 is 0. The quantitative estimate of drug-likeness (QED) is 0.763. The van der Waals surface area contributed by atoms with Crippen LogP contribution < -0.4 is 9.62 Å². The maximum absolute atomic E-state index is 13.4. The lowest BCUT2D eigenvalue weighted by molar-refractivity contribution is 0.0172. The Morgan fingerprint density at radius 1 is 1.14 bits per heavy atom. The molecule has 152 valence electrons. The van der Waals surface area contributed by atoms with Crippen LogP contribution in [0.5, 0.6) is 0 Å². The van der Waals surface area contributed by atoms with Gasteiger partial charge in [-0.25, -0.2) is 17.5 Å². The first-order valence-electron chi connectivity index (χ1n) is 9.21. The van der Waals surface area contributed by atoms with E-state index in [1.807, 2.05) is 43.3 Å². The van der Waals surface area contributed by atoms with Gasteiger partial charge in [-0.15, -0.1) is 0 Å². The van der Waals surface area contributed by atoms with E-state index in [2.05, 4.69) is 9.62 Å². The van der Waals surface area contributed by atoms with Gasteiger partial charge < -0.3 is 9.64 Å². The van der Waals surface area contributed by atoms with Crippen molar-refractivity contribution in [1.82, 2.24) is 9.62 Å². The Bertz CT molecular complexity index is 882. The summed E-state index contributed by atoms with van der Waals surface area (Å²) in [5.74, 6) is -0.577. The highest BCUT2D eigenvalue weighted by molar-refractivity contribution is 7.89. The molecule has 8 heteroatoms. The molecule has 2 aromatic rings. The number of sulfonamides is 1. The van der Waals surface area contributed by atoms with Crippen LogP contribution in [0.1, 0.15) is 11.6 Å². The number of nitrogens with zero attached hydrogens (tertiary/aromatic N) is 2. The Morgan fingerprint density at radius 3 is 2.43 bits per heavy atom. The Hall–Kier alpha value is -2.00. The van der Waals surface area contributed by atoms with Crippen molar-refractivity contribution in [2.45, 2.75) is 10.9 Å². The molecule has 2 aromatic carbocycles. The molecule has 0 bridgehead atoms. The van der Waals surface area contributed by atoms with E-state index in [9.17, 15) is 12.8 Å². The zero-order valence-electron chi connectivity index (χ0n) is 16.1. The largest absolute Gasteiger partial charge is 0.379 e. The minimum Gasteiger partial charge on any atom is -0.379 e. The number of benzene rings is 2. The van der Waals surface area contributed by atoms with Gasteiger partial charge in [-0.3, -0.25) is 4.90 Å². The SMILES string of the molecule is CN(C)c1ccc([C@@H](CNS(=O)(=O)c2cccc(F)c2)N2CCOCC2)cc1. The molecule has 6 nitrogen and oxygen atoms in total. The van der Waals surface area contributed by atoms with Gasteiger partial charge in [-0.05, 0) is 35.9 Å². The third-order valence-corrected chi connectivity index (χ3v) is 6.28. The highest BCUT2D eigenvalue weighted by Gasteiger charge is 2.25. The lowest BCUT2D eigenvalue weighted by atomic mass is 10.0. The number of halogens is 1. The van der Waals surface area contributed by atoms with Gasteiger partial charge in [0, 0.05) is 45.5 Å². The van der Waals surface area contributed by atoms with Crippen LogP contribution >= 0.6 is 0 Å². The van der Waals surface area contributed by atoms with E-state index >= 15 is 0 Å². The lowest BCUT2D eigenvalue weighted by Gasteiger charge is -2.35. The molecule has 1 saturated heterocycles. The first-order valence-corrected chi connectivity index (χ1v) is 10.7. The van der Waals surface area contributed by atoms with Gasteiger partial charge in [0.25, 0.3) is 0 Å². The molecule has 0 unspecified atom stereocenters. The van der Waals surface area contributed by atoms with Crippen molar-refractivity contribution in [3.8, 4) is 0 Å². The fourth-order valence-corrected chi connectivity index (χ4v) is 4.32. The Kier molecular flexibility index (Phi) is 6.66. The number of hydrogen-bond acceptors (Lipinski definition) is 5. The standard InChI is InChI=1S/C20H26FN3O3S/c1-23(2)18-8-6-16(7-9-18)20(24-10-12-27-13-11-24)15-22-28(25,26)19-5-3-4-17(21)14-19/h3-9,14,20,22H,10-13,15H2,1-2H3/t20-/m1/s1. The monoisotopic (exact) mass is 407 g/mol. The average Bonchev–Trinajstić information content (AvgIpc) is 2.69. The topological polar surface area (TPSA) is 61.9 Å². The first-order chi connectivity index (χ1) is 13.4. The summed E-state index contributed by atoms with van der Waals surface area (Å²) in [6.07, 6.45) is 0. The molecule has 1 N–H and O–H groups in total. The molecule has 0 aliphatic carbocycles. The Balaban J connectivity index is 1.81. The minimum atomic E-state index is -3.80. The van der Waals surface area contributed by atoms with Crippen molar-refractivity contribution >= 4 is 15.7 Å². The van der Waals surface area contributed by atoms with E-state index < -0.39 is 15.8 Å². The fraction of sp³-hybridized carbons (Fsp3) is 0.400. The summed E-state index contributed by atoms with van der Waals surface area (Å²) in [5, 5.41) is 0. The van der Waals surface area contributed by atoms with Crippen LogP contribution in [0.4, 0.5) is 10.1 Å². The normalized spacial score (nSPS) is 16.7. The third-order valence-electron chi connectivity index (χ3n) is 4.85. The summed E-state index contributed by atoms with van der Waals surface area (Å²) in [4.78, 5) is 4.15. The highest BCUT2D eigenvalue weighted by Crippen LogP contribution is 2.24. The van der Waals surface area contributed by atoms with Gasteiger partial charge in [-0.1, -0.05) is 18.2 Å². The summed E-state index contributed by atoms with van der Waals surface area (Å²) in [6.45, 7) is 2.87. The molecule has 28 heavy (non-hydrogen) atoms. The number of ether oxygens (including phenoxy) is 1. The molecule has 0 radical (unpaired) electrons. The van der Waals surface area contributed by atoms with Crippen LogP contribution in [-0.4, -0.2) is 60.3 Å². The van der Waals surface area contributed by atoms with Gasteiger partial charge in [0.1, 0.15) is 5.82 Å². The second-order valence-electron chi connectivity index (χ2n) is 6.96. The Morgan fingerprint density at radius 2 is 1.82 bits per heavy atom. The van der Waals surface area contributed by atoms with Crippen LogP contribution in [0.15, 0.2) is 53.4 Å². The highest BCUT2D eigenvalue weighted by atomic mass is 32.2. The average molecular weight is 408 g/mol. The van der Waals surface area contributed by atoms with Crippen LogP contribution in [-0.2, 0) is 14.8 Å². The molecule has 1 aliphatic heterocycles. The van der Waals surface area contributed by atoms with Crippen LogP contribution in [0.2, 0.25) is 0 Å². The van der Waals surface area contributed by atoms with E-state index in [1.54, 1.807) is 0 Å². The molecular weight excluding hydrogens is 381 g/mol. The van der Waals surface area contributed by atoms with E-state index in [1.165, 1.54) is 18.2 Å². The second kappa shape index (κ2) is 9.00. The van der Waals surface area contributed by atoms with E-state index in [4.69, 9.17) is 4.74 Å². The van der Waals surface area contributed by atoms with Gasteiger partial charge >= 0.3 is 0 Å². The van der Waals surface area contributed by atoms with Crippen LogP contribution in [0.3, 0.4) is 0 Å². The van der Waals surface area contributed by atoms with Crippen molar-refractivity contribution in [1.29, 1.82) is 0 Å². The van der Waals surface area contributed by atoms with Crippen LogP contribution in [0.25, 0.3) is 0 Å². The van der Waals surface area contributed by atoms with Crippen molar-refractivity contribution in [2.75, 3.05) is 51.8 Å². The predicted octanol–water partition coefficient (Wildman–Crippen LogP) is 2.24. The number of nitrogens with one attached hydrogen (secondary N) is 1. The predicted molar refractivity (Wildman–Crippen MR) is 107 cm³/mol. The third kappa shape index (κ3) is 5.08. The molecular formula is C20H26FN3O3S.